The second kappa shape index (κ2) is 7.83. The fourth-order valence-electron chi connectivity index (χ4n) is 4.77. The summed E-state index contributed by atoms with van der Waals surface area (Å²) in [6.45, 7) is 0. The smallest absolute Gasteiger partial charge is 0.141 e. The fraction of sp³-hybridized carbons (Fsp3) is 0.0714. The molecule has 0 spiro atoms. The van der Waals surface area contributed by atoms with Crippen molar-refractivity contribution in [2.45, 2.75) is 12.2 Å². The normalized spacial score (nSPS) is 17.7. The zero-order valence-electron chi connectivity index (χ0n) is 18.1. The highest BCUT2D eigenvalue weighted by atomic mass is 19.1. The molecule has 0 fully saturated rings. The minimum Gasteiger partial charge on any atom is -0.383 e. The molecule has 0 saturated heterocycles. The van der Waals surface area contributed by atoms with Gasteiger partial charge in [-0.15, -0.1) is 0 Å². The summed E-state index contributed by atoms with van der Waals surface area (Å²) in [7, 11) is 0. The lowest BCUT2D eigenvalue weighted by molar-refractivity contribution is 0.0857. The highest BCUT2D eigenvalue weighted by molar-refractivity contribution is 5.99. The molecule has 0 aromatic heterocycles. The first kappa shape index (κ1) is 21.1. The molecule has 2 N–H and O–H groups in total. The average molecular weight is 467 g/mol. The van der Waals surface area contributed by atoms with Crippen LogP contribution in [0.3, 0.4) is 0 Å². The summed E-state index contributed by atoms with van der Waals surface area (Å²) in [4.78, 5) is 4.34. The SMILES string of the molecule is N#Cc1cc(N=C(N)c2ccc3c(c2)C2OC3c3ccc(-c4ccc(F)cc4F)cc32)ccc1F. The highest BCUT2D eigenvalue weighted by Gasteiger charge is 2.43. The van der Waals surface area contributed by atoms with Gasteiger partial charge in [0.05, 0.1) is 11.3 Å². The Hall–Kier alpha value is -4.41. The van der Waals surface area contributed by atoms with Crippen molar-refractivity contribution in [3.63, 3.8) is 0 Å². The molecule has 4 aromatic rings. The summed E-state index contributed by atoms with van der Waals surface area (Å²) in [5, 5.41) is 9.04. The van der Waals surface area contributed by atoms with Gasteiger partial charge in [0.15, 0.2) is 0 Å². The molecule has 0 radical (unpaired) electrons. The van der Waals surface area contributed by atoms with E-state index in [1.807, 2.05) is 36.4 Å². The molecule has 0 saturated carbocycles. The molecule has 2 unspecified atom stereocenters. The minimum atomic E-state index is -0.625. The number of nitrogens with zero attached hydrogens (tertiary/aromatic N) is 2. The standard InChI is InChI=1S/C28H16F3N3O/c29-17-3-7-19(25(31)12-17)14-1-5-20-22(10-14)27-23-11-15(2-6-21(23)26(20)35-27)28(33)34-18-4-8-24(30)16(9-18)13-32/h1-12,26-27H,(H2,33,34). The van der Waals surface area contributed by atoms with Crippen molar-refractivity contribution in [2.75, 3.05) is 0 Å². The molecule has 0 amide bonds. The number of rotatable bonds is 3. The number of fused-ring (bicyclic) bond motifs is 8. The number of hydrogen-bond acceptors (Lipinski definition) is 3. The van der Waals surface area contributed by atoms with Crippen LogP contribution < -0.4 is 5.73 Å². The average Bonchev–Trinajstić information content (AvgIpc) is 3.42. The van der Waals surface area contributed by atoms with Crippen molar-refractivity contribution < 1.29 is 17.9 Å². The third-order valence-corrected chi connectivity index (χ3v) is 6.43. The molecule has 2 aliphatic heterocycles. The van der Waals surface area contributed by atoms with Crippen molar-refractivity contribution >= 4 is 11.5 Å². The molecule has 2 bridgehead atoms. The Kier molecular flexibility index (Phi) is 4.73. The van der Waals surface area contributed by atoms with Crippen LogP contribution in [0.15, 0.2) is 77.8 Å². The Labute approximate surface area is 198 Å². The van der Waals surface area contributed by atoms with Crippen molar-refractivity contribution in [2.24, 2.45) is 10.7 Å². The largest absolute Gasteiger partial charge is 0.383 e. The van der Waals surface area contributed by atoms with E-state index < -0.39 is 17.5 Å². The highest BCUT2D eigenvalue weighted by Crippen LogP contribution is 2.54. The van der Waals surface area contributed by atoms with Gasteiger partial charge in [-0.3, -0.25) is 0 Å². The van der Waals surface area contributed by atoms with Crippen molar-refractivity contribution in [3.05, 3.63) is 124 Å². The predicted octanol–water partition coefficient (Wildman–Crippen LogP) is 6.20. The van der Waals surface area contributed by atoms with Gasteiger partial charge in [0.25, 0.3) is 0 Å². The van der Waals surface area contributed by atoms with Crippen LogP contribution in [-0.4, -0.2) is 5.84 Å². The molecule has 0 aliphatic carbocycles. The number of halogens is 3. The van der Waals surface area contributed by atoms with E-state index in [9.17, 15) is 13.2 Å². The molecule has 6 rings (SSSR count). The third-order valence-electron chi connectivity index (χ3n) is 6.43. The first-order valence-electron chi connectivity index (χ1n) is 10.9. The lowest BCUT2D eigenvalue weighted by Crippen LogP contribution is -2.14. The summed E-state index contributed by atoms with van der Waals surface area (Å²) in [5.74, 6) is -1.65. The van der Waals surface area contributed by atoms with E-state index in [0.29, 0.717) is 22.4 Å². The van der Waals surface area contributed by atoms with Crippen molar-refractivity contribution in [1.82, 2.24) is 0 Å². The van der Waals surface area contributed by atoms with Crippen LogP contribution in [0.1, 0.15) is 45.6 Å². The van der Waals surface area contributed by atoms with Gasteiger partial charge in [0.2, 0.25) is 0 Å². The third kappa shape index (κ3) is 3.38. The Morgan fingerprint density at radius 2 is 1.54 bits per heavy atom. The van der Waals surface area contributed by atoms with E-state index in [-0.39, 0.29) is 23.6 Å². The number of aliphatic imine (C=N–C) groups is 1. The summed E-state index contributed by atoms with van der Waals surface area (Å²) in [5.41, 5.74) is 12.0. The monoisotopic (exact) mass is 467 g/mol. The summed E-state index contributed by atoms with van der Waals surface area (Å²) in [6, 6.07) is 20.6. The van der Waals surface area contributed by atoms with Crippen LogP contribution in [0.4, 0.5) is 18.9 Å². The molecular weight excluding hydrogens is 451 g/mol. The van der Waals surface area contributed by atoms with Gasteiger partial charge in [0.1, 0.15) is 41.6 Å². The van der Waals surface area contributed by atoms with E-state index in [2.05, 4.69) is 4.99 Å². The number of amidine groups is 1. The molecule has 35 heavy (non-hydrogen) atoms. The van der Waals surface area contributed by atoms with Crippen LogP contribution in [0.25, 0.3) is 11.1 Å². The number of nitrogens with two attached hydrogens (primary N) is 1. The molecule has 4 nitrogen and oxygen atoms in total. The van der Waals surface area contributed by atoms with Gasteiger partial charge in [-0.2, -0.15) is 5.26 Å². The second-order valence-corrected chi connectivity index (χ2v) is 8.48. The van der Waals surface area contributed by atoms with Crippen molar-refractivity contribution in [1.29, 1.82) is 5.26 Å². The zero-order valence-corrected chi connectivity index (χ0v) is 18.1. The summed E-state index contributed by atoms with van der Waals surface area (Å²) in [6.07, 6.45) is -0.586. The van der Waals surface area contributed by atoms with Gasteiger partial charge < -0.3 is 10.5 Å². The van der Waals surface area contributed by atoms with E-state index >= 15 is 0 Å². The number of hydrogen-bond donors (Lipinski definition) is 1. The molecular formula is C28H16F3N3O. The Balaban J connectivity index is 1.36. The number of ether oxygens (including phenoxy) is 1. The van der Waals surface area contributed by atoms with Gasteiger partial charge in [-0.25, -0.2) is 18.2 Å². The zero-order chi connectivity index (χ0) is 24.3. The van der Waals surface area contributed by atoms with Crippen LogP contribution in [0, 0.1) is 28.8 Å². The van der Waals surface area contributed by atoms with Gasteiger partial charge >= 0.3 is 0 Å². The maximum Gasteiger partial charge on any atom is 0.141 e. The fourth-order valence-corrected chi connectivity index (χ4v) is 4.77. The van der Waals surface area contributed by atoms with E-state index in [1.54, 1.807) is 6.07 Å². The van der Waals surface area contributed by atoms with Crippen molar-refractivity contribution in [3.8, 4) is 17.2 Å². The topological polar surface area (TPSA) is 71.4 Å². The molecule has 170 valence electrons. The summed E-state index contributed by atoms with van der Waals surface area (Å²) >= 11 is 0. The van der Waals surface area contributed by atoms with E-state index in [1.165, 1.54) is 30.3 Å². The van der Waals surface area contributed by atoms with Crippen LogP contribution in [-0.2, 0) is 4.74 Å². The lowest BCUT2D eigenvalue weighted by Gasteiger charge is -2.18. The summed E-state index contributed by atoms with van der Waals surface area (Å²) < 4.78 is 47.6. The Morgan fingerprint density at radius 3 is 2.31 bits per heavy atom. The van der Waals surface area contributed by atoms with Crippen LogP contribution in [0.2, 0.25) is 0 Å². The van der Waals surface area contributed by atoms with Gasteiger partial charge in [-0.1, -0.05) is 24.3 Å². The van der Waals surface area contributed by atoms with E-state index in [4.69, 9.17) is 15.7 Å². The maximum atomic E-state index is 14.4. The maximum absolute atomic E-state index is 14.4. The molecule has 4 aromatic carbocycles. The van der Waals surface area contributed by atoms with Gasteiger partial charge in [0, 0.05) is 17.2 Å². The number of benzene rings is 4. The minimum absolute atomic E-state index is 0.108. The van der Waals surface area contributed by atoms with E-state index in [0.717, 1.165) is 28.3 Å². The molecule has 2 atom stereocenters. The van der Waals surface area contributed by atoms with Crippen LogP contribution in [0.5, 0.6) is 0 Å². The molecule has 7 heteroatoms. The van der Waals surface area contributed by atoms with Crippen LogP contribution >= 0.6 is 0 Å². The molecule has 2 aliphatic rings. The number of nitriles is 1. The Bertz CT molecular complexity index is 1610. The first-order chi connectivity index (χ1) is 16.9. The van der Waals surface area contributed by atoms with Gasteiger partial charge in [-0.05, 0) is 70.3 Å². The first-order valence-corrected chi connectivity index (χ1v) is 10.9. The quantitative estimate of drug-likeness (QED) is 0.288. The second-order valence-electron chi connectivity index (χ2n) is 8.48. The lowest BCUT2D eigenvalue weighted by atomic mass is 9.83. The molecule has 2 heterocycles. The Morgan fingerprint density at radius 1 is 0.800 bits per heavy atom. The predicted molar refractivity (Wildman–Crippen MR) is 125 cm³/mol.